The van der Waals surface area contributed by atoms with Gasteiger partial charge >= 0.3 is 0 Å². The van der Waals surface area contributed by atoms with Crippen molar-refractivity contribution in [3.63, 3.8) is 0 Å². The summed E-state index contributed by atoms with van der Waals surface area (Å²) >= 11 is 0. The standard InChI is InChI=1S/C12H16N2/c1-9(2)12-10-6-4-5-7-11(10)13-8-14(12)3/h4-9,12H,1-3H3. The van der Waals surface area contributed by atoms with Gasteiger partial charge < -0.3 is 4.90 Å². The van der Waals surface area contributed by atoms with E-state index in [-0.39, 0.29) is 0 Å². The summed E-state index contributed by atoms with van der Waals surface area (Å²) in [6, 6.07) is 8.84. The Hall–Kier alpha value is -1.31. The van der Waals surface area contributed by atoms with Crippen LogP contribution in [0.4, 0.5) is 5.69 Å². The molecule has 1 aliphatic rings. The highest BCUT2D eigenvalue weighted by atomic mass is 15.2. The minimum Gasteiger partial charge on any atom is -0.358 e. The van der Waals surface area contributed by atoms with Gasteiger partial charge in [0.1, 0.15) is 0 Å². The van der Waals surface area contributed by atoms with Crippen molar-refractivity contribution >= 4 is 12.0 Å². The molecule has 1 atom stereocenters. The van der Waals surface area contributed by atoms with Gasteiger partial charge in [0.05, 0.1) is 18.1 Å². The van der Waals surface area contributed by atoms with Crippen LogP contribution in [0.3, 0.4) is 0 Å². The number of rotatable bonds is 1. The summed E-state index contributed by atoms with van der Waals surface area (Å²) in [5.41, 5.74) is 2.46. The molecule has 0 radical (unpaired) electrons. The van der Waals surface area contributed by atoms with Crippen molar-refractivity contribution in [2.75, 3.05) is 7.05 Å². The van der Waals surface area contributed by atoms with Crippen molar-refractivity contribution in [2.24, 2.45) is 10.9 Å². The van der Waals surface area contributed by atoms with Gasteiger partial charge in [-0.15, -0.1) is 0 Å². The Labute approximate surface area is 85.3 Å². The van der Waals surface area contributed by atoms with E-state index in [4.69, 9.17) is 0 Å². The first-order chi connectivity index (χ1) is 6.70. The molecule has 0 amide bonds. The molecule has 0 bridgehead atoms. The number of benzene rings is 1. The molecule has 2 nitrogen and oxygen atoms in total. The molecule has 0 fully saturated rings. The molecular weight excluding hydrogens is 172 g/mol. The fourth-order valence-electron chi connectivity index (χ4n) is 2.13. The average Bonchev–Trinajstić information content (AvgIpc) is 2.17. The van der Waals surface area contributed by atoms with Crippen LogP contribution in [-0.4, -0.2) is 18.3 Å². The fourth-order valence-corrected chi connectivity index (χ4v) is 2.13. The van der Waals surface area contributed by atoms with E-state index in [1.165, 1.54) is 5.56 Å². The maximum absolute atomic E-state index is 4.41. The monoisotopic (exact) mass is 188 g/mol. The minimum absolute atomic E-state index is 0.462. The highest BCUT2D eigenvalue weighted by Gasteiger charge is 2.24. The third-order valence-corrected chi connectivity index (χ3v) is 2.70. The summed E-state index contributed by atoms with van der Waals surface area (Å²) in [4.78, 5) is 6.60. The van der Waals surface area contributed by atoms with Gasteiger partial charge in [-0.2, -0.15) is 0 Å². The molecule has 74 valence electrons. The third-order valence-electron chi connectivity index (χ3n) is 2.70. The molecule has 1 aromatic rings. The zero-order valence-corrected chi connectivity index (χ0v) is 8.94. The number of para-hydroxylation sites is 1. The van der Waals surface area contributed by atoms with Crippen molar-refractivity contribution < 1.29 is 0 Å². The van der Waals surface area contributed by atoms with Crippen molar-refractivity contribution in [2.45, 2.75) is 19.9 Å². The Morgan fingerprint density at radius 2 is 2.00 bits per heavy atom. The molecule has 0 N–H and O–H groups in total. The molecule has 0 aromatic heterocycles. The first-order valence-electron chi connectivity index (χ1n) is 5.05. The van der Waals surface area contributed by atoms with Crippen LogP contribution >= 0.6 is 0 Å². The maximum Gasteiger partial charge on any atom is 0.0915 e. The van der Waals surface area contributed by atoms with Crippen LogP contribution in [0.1, 0.15) is 25.5 Å². The van der Waals surface area contributed by atoms with Gasteiger partial charge in [0, 0.05) is 12.6 Å². The van der Waals surface area contributed by atoms with E-state index in [1.54, 1.807) is 0 Å². The fraction of sp³-hybridized carbons (Fsp3) is 0.417. The second-order valence-corrected chi connectivity index (χ2v) is 4.16. The average molecular weight is 188 g/mol. The second kappa shape index (κ2) is 3.45. The SMILES string of the molecule is CC(C)C1c2ccccc2N=CN1C. The van der Waals surface area contributed by atoms with Crippen LogP contribution in [0.5, 0.6) is 0 Å². The van der Waals surface area contributed by atoms with Gasteiger partial charge in [-0.25, -0.2) is 4.99 Å². The van der Waals surface area contributed by atoms with Gasteiger partial charge in [-0.1, -0.05) is 32.0 Å². The summed E-state index contributed by atoms with van der Waals surface area (Å²) < 4.78 is 0. The van der Waals surface area contributed by atoms with Crippen LogP contribution in [0, 0.1) is 5.92 Å². The van der Waals surface area contributed by atoms with Crippen molar-refractivity contribution in [3.8, 4) is 0 Å². The Balaban J connectivity index is 2.48. The van der Waals surface area contributed by atoms with E-state index in [9.17, 15) is 0 Å². The van der Waals surface area contributed by atoms with Crippen LogP contribution in [0.15, 0.2) is 29.3 Å². The van der Waals surface area contributed by atoms with Gasteiger partial charge in [0.15, 0.2) is 0 Å². The normalized spacial score (nSPS) is 20.0. The summed E-state index contributed by atoms with van der Waals surface area (Å²) in [7, 11) is 2.09. The van der Waals surface area contributed by atoms with Crippen LogP contribution < -0.4 is 0 Å². The van der Waals surface area contributed by atoms with Crippen LogP contribution in [-0.2, 0) is 0 Å². The Bertz CT molecular complexity index is 355. The quantitative estimate of drug-likeness (QED) is 0.661. The lowest BCUT2D eigenvalue weighted by Gasteiger charge is -2.33. The molecule has 1 heterocycles. The predicted octanol–water partition coefficient (Wildman–Crippen LogP) is 2.99. The molecule has 2 rings (SSSR count). The molecule has 0 spiro atoms. The minimum atomic E-state index is 0.462. The van der Waals surface area contributed by atoms with Gasteiger partial charge in [0.25, 0.3) is 0 Å². The zero-order valence-electron chi connectivity index (χ0n) is 8.94. The van der Waals surface area contributed by atoms with Crippen LogP contribution in [0.2, 0.25) is 0 Å². The topological polar surface area (TPSA) is 15.6 Å². The van der Waals surface area contributed by atoms with Gasteiger partial charge in [-0.3, -0.25) is 0 Å². The van der Waals surface area contributed by atoms with E-state index in [0.717, 1.165) is 5.69 Å². The van der Waals surface area contributed by atoms with Crippen molar-refractivity contribution in [1.29, 1.82) is 0 Å². The smallest absolute Gasteiger partial charge is 0.0915 e. The molecule has 1 unspecified atom stereocenters. The molecule has 0 saturated heterocycles. The predicted molar refractivity (Wildman–Crippen MR) is 59.9 cm³/mol. The third kappa shape index (κ3) is 1.41. The largest absolute Gasteiger partial charge is 0.358 e. The summed E-state index contributed by atoms with van der Waals surface area (Å²) in [5, 5.41) is 0. The van der Waals surface area contributed by atoms with E-state index >= 15 is 0 Å². The molecule has 1 aromatic carbocycles. The Kier molecular flexibility index (Phi) is 2.28. The number of fused-ring (bicyclic) bond motifs is 1. The molecule has 2 heteroatoms. The Morgan fingerprint density at radius 1 is 1.29 bits per heavy atom. The highest BCUT2D eigenvalue weighted by Crippen LogP contribution is 2.36. The highest BCUT2D eigenvalue weighted by molar-refractivity contribution is 5.68. The van der Waals surface area contributed by atoms with Crippen LogP contribution in [0.25, 0.3) is 0 Å². The molecule has 0 saturated carbocycles. The molecule has 1 aliphatic heterocycles. The zero-order chi connectivity index (χ0) is 10.1. The van der Waals surface area contributed by atoms with E-state index in [1.807, 2.05) is 12.4 Å². The first-order valence-corrected chi connectivity index (χ1v) is 5.05. The number of hydrogen-bond donors (Lipinski definition) is 0. The van der Waals surface area contributed by atoms with E-state index < -0.39 is 0 Å². The molecule has 14 heavy (non-hydrogen) atoms. The van der Waals surface area contributed by atoms with Gasteiger partial charge in [-0.05, 0) is 12.0 Å². The van der Waals surface area contributed by atoms with Crippen molar-refractivity contribution in [3.05, 3.63) is 29.8 Å². The van der Waals surface area contributed by atoms with E-state index in [2.05, 4.69) is 49.0 Å². The van der Waals surface area contributed by atoms with E-state index in [0.29, 0.717) is 12.0 Å². The lowest BCUT2D eigenvalue weighted by molar-refractivity contribution is 0.296. The van der Waals surface area contributed by atoms with Crippen molar-refractivity contribution in [1.82, 2.24) is 4.90 Å². The summed E-state index contributed by atoms with van der Waals surface area (Å²) in [6.07, 6.45) is 1.92. The maximum atomic E-state index is 4.41. The number of hydrogen-bond acceptors (Lipinski definition) is 2. The number of nitrogens with zero attached hydrogens (tertiary/aromatic N) is 2. The number of aliphatic imine (C=N–C) groups is 1. The summed E-state index contributed by atoms with van der Waals surface area (Å²) in [6.45, 7) is 4.49. The Morgan fingerprint density at radius 3 is 2.71 bits per heavy atom. The lowest BCUT2D eigenvalue weighted by Crippen LogP contribution is -2.29. The van der Waals surface area contributed by atoms with Gasteiger partial charge in [0.2, 0.25) is 0 Å². The lowest BCUT2D eigenvalue weighted by atomic mass is 9.93. The summed E-state index contributed by atoms with van der Waals surface area (Å²) in [5.74, 6) is 0.605. The second-order valence-electron chi connectivity index (χ2n) is 4.16. The molecular formula is C12H16N2. The first kappa shape index (κ1) is 9.25. The molecule has 0 aliphatic carbocycles.